The lowest BCUT2D eigenvalue weighted by atomic mass is 10.0. The number of hydrogen-bond acceptors (Lipinski definition) is 7. The minimum atomic E-state index is 0.418. The highest BCUT2D eigenvalue weighted by Gasteiger charge is 2.16. The SMILES string of the molecule is C=Cc1cc(-c2nnc(-c3ccc(OCCCCCCCCCCCC)cc3)o2)ccc1-c1nnc(-c2ccc(C)cc2)o1. The van der Waals surface area contributed by atoms with Crippen LogP contribution >= 0.6 is 0 Å². The van der Waals surface area contributed by atoms with Gasteiger partial charge in [0.1, 0.15) is 5.75 Å². The minimum absolute atomic E-state index is 0.418. The summed E-state index contributed by atoms with van der Waals surface area (Å²) in [4.78, 5) is 0. The van der Waals surface area contributed by atoms with Crippen molar-refractivity contribution in [2.24, 2.45) is 0 Å². The number of aryl methyl sites for hydroxylation is 1. The minimum Gasteiger partial charge on any atom is -0.494 e. The Bertz CT molecular complexity index is 1600. The summed E-state index contributed by atoms with van der Waals surface area (Å²) < 4.78 is 18.0. The molecule has 0 saturated carbocycles. The molecule has 2 heterocycles. The highest BCUT2D eigenvalue weighted by Crippen LogP contribution is 2.32. The fourth-order valence-corrected chi connectivity index (χ4v) is 5.13. The summed E-state index contributed by atoms with van der Waals surface area (Å²) in [5.74, 6) is 2.61. The van der Waals surface area contributed by atoms with E-state index in [0.717, 1.165) is 46.6 Å². The fourth-order valence-electron chi connectivity index (χ4n) is 5.13. The van der Waals surface area contributed by atoms with Gasteiger partial charge in [-0.2, -0.15) is 0 Å². The molecular formula is C37H42N4O3. The third kappa shape index (κ3) is 8.31. The molecule has 7 heteroatoms. The Morgan fingerprint density at radius 2 is 1.11 bits per heavy atom. The standard InChI is InChI=1S/C37H42N4O3/c1-4-6-7-8-9-10-11-12-13-14-25-42-32-22-19-30(20-23-32)34-38-40-36(43-34)31-21-24-33(28(5-2)26-31)37-41-39-35(44-37)29-17-15-27(3)16-18-29/h5,15-24,26H,2,4,6-14,25H2,1,3H3. The molecule has 44 heavy (non-hydrogen) atoms. The van der Waals surface area contributed by atoms with Crippen molar-refractivity contribution in [1.82, 2.24) is 20.4 Å². The Kier molecular flexibility index (Phi) is 11.1. The molecule has 0 aliphatic rings. The van der Waals surface area contributed by atoms with Crippen LogP contribution in [0.25, 0.3) is 51.9 Å². The maximum absolute atomic E-state index is 6.04. The molecule has 0 unspecified atom stereocenters. The van der Waals surface area contributed by atoms with Crippen LogP contribution in [0.4, 0.5) is 0 Å². The van der Waals surface area contributed by atoms with Gasteiger partial charge < -0.3 is 13.6 Å². The second-order valence-corrected chi connectivity index (χ2v) is 11.3. The van der Waals surface area contributed by atoms with Gasteiger partial charge in [0.15, 0.2) is 0 Å². The number of nitrogens with zero attached hydrogens (tertiary/aromatic N) is 4. The second kappa shape index (κ2) is 15.8. The smallest absolute Gasteiger partial charge is 0.248 e. The summed E-state index contributed by atoms with van der Waals surface area (Å²) in [5.41, 5.74) is 5.26. The Hall–Kier alpha value is -4.52. The van der Waals surface area contributed by atoms with Crippen LogP contribution in [0.1, 0.15) is 82.3 Å². The Morgan fingerprint density at radius 1 is 0.614 bits per heavy atom. The largest absolute Gasteiger partial charge is 0.494 e. The van der Waals surface area contributed by atoms with Gasteiger partial charge in [-0.15, -0.1) is 20.4 Å². The van der Waals surface area contributed by atoms with Crippen LogP contribution < -0.4 is 4.74 Å². The number of rotatable bonds is 17. The molecule has 2 aromatic heterocycles. The van der Waals surface area contributed by atoms with Gasteiger partial charge in [0, 0.05) is 22.3 Å². The Labute approximate surface area is 260 Å². The molecule has 0 aliphatic heterocycles. The van der Waals surface area contributed by atoms with Crippen LogP contribution in [0.5, 0.6) is 5.75 Å². The summed E-state index contributed by atoms with van der Waals surface area (Å²) in [6, 6.07) is 21.5. The van der Waals surface area contributed by atoms with Crippen LogP contribution in [0, 0.1) is 6.92 Å². The summed E-state index contributed by atoms with van der Waals surface area (Å²) in [6.45, 7) is 9.02. The van der Waals surface area contributed by atoms with E-state index in [1.165, 1.54) is 63.4 Å². The zero-order valence-electron chi connectivity index (χ0n) is 25.9. The van der Waals surface area contributed by atoms with Gasteiger partial charge in [-0.1, -0.05) is 95.1 Å². The number of benzene rings is 3. The van der Waals surface area contributed by atoms with Gasteiger partial charge in [-0.3, -0.25) is 0 Å². The lowest BCUT2D eigenvalue weighted by Crippen LogP contribution is -1.97. The summed E-state index contributed by atoms with van der Waals surface area (Å²) in [5, 5.41) is 17.1. The van der Waals surface area contributed by atoms with Crippen LogP contribution in [0.15, 0.2) is 82.1 Å². The van der Waals surface area contributed by atoms with Crippen LogP contribution in [0.3, 0.4) is 0 Å². The zero-order valence-corrected chi connectivity index (χ0v) is 25.9. The van der Waals surface area contributed by atoms with Crippen molar-refractivity contribution in [3.05, 3.63) is 84.4 Å². The van der Waals surface area contributed by atoms with Crippen LogP contribution in [0.2, 0.25) is 0 Å². The van der Waals surface area contributed by atoms with Crippen molar-refractivity contribution in [2.45, 2.75) is 78.1 Å². The number of ether oxygens (including phenoxy) is 1. The first-order chi connectivity index (χ1) is 21.6. The molecule has 228 valence electrons. The molecule has 0 saturated heterocycles. The number of hydrogen-bond donors (Lipinski definition) is 0. The summed E-state index contributed by atoms with van der Waals surface area (Å²) in [7, 11) is 0. The Morgan fingerprint density at radius 3 is 1.73 bits per heavy atom. The summed E-state index contributed by atoms with van der Waals surface area (Å²) >= 11 is 0. The summed E-state index contributed by atoms with van der Waals surface area (Å²) in [6.07, 6.45) is 14.9. The lowest BCUT2D eigenvalue weighted by molar-refractivity contribution is 0.304. The maximum Gasteiger partial charge on any atom is 0.248 e. The van der Waals surface area contributed by atoms with Gasteiger partial charge in [0.05, 0.1) is 6.61 Å². The van der Waals surface area contributed by atoms with Gasteiger partial charge in [0.2, 0.25) is 23.6 Å². The van der Waals surface area contributed by atoms with E-state index in [-0.39, 0.29) is 0 Å². The van der Waals surface area contributed by atoms with Crippen molar-refractivity contribution >= 4 is 6.08 Å². The molecule has 0 aliphatic carbocycles. The number of unbranched alkanes of at least 4 members (excludes halogenated alkanes) is 9. The third-order valence-electron chi connectivity index (χ3n) is 7.77. The van der Waals surface area contributed by atoms with Crippen molar-refractivity contribution in [3.63, 3.8) is 0 Å². The fraction of sp³-hybridized carbons (Fsp3) is 0.351. The molecule has 0 bridgehead atoms. The third-order valence-corrected chi connectivity index (χ3v) is 7.77. The predicted octanol–water partition coefficient (Wildman–Crippen LogP) is 10.4. The lowest BCUT2D eigenvalue weighted by Gasteiger charge is -2.06. The molecular weight excluding hydrogens is 548 g/mol. The van der Waals surface area contributed by atoms with E-state index >= 15 is 0 Å². The molecule has 0 fully saturated rings. The van der Waals surface area contributed by atoms with Gasteiger partial charge in [-0.05, 0) is 73.5 Å². The molecule has 3 aromatic carbocycles. The van der Waals surface area contributed by atoms with Crippen molar-refractivity contribution in [1.29, 1.82) is 0 Å². The first-order valence-electron chi connectivity index (χ1n) is 15.9. The quantitative estimate of drug-likeness (QED) is 0.0995. The average Bonchev–Trinajstić information content (AvgIpc) is 3.75. The van der Waals surface area contributed by atoms with E-state index < -0.39 is 0 Å². The van der Waals surface area contributed by atoms with E-state index in [9.17, 15) is 0 Å². The molecule has 7 nitrogen and oxygen atoms in total. The molecule has 0 atom stereocenters. The first kappa shape index (κ1) is 30.9. The average molecular weight is 591 g/mol. The predicted molar refractivity (Wildman–Crippen MR) is 176 cm³/mol. The van der Waals surface area contributed by atoms with Gasteiger partial charge in [-0.25, -0.2) is 0 Å². The Balaban J connectivity index is 1.13. The topological polar surface area (TPSA) is 87.1 Å². The van der Waals surface area contributed by atoms with E-state index in [4.69, 9.17) is 13.6 Å². The monoisotopic (exact) mass is 590 g/mol. The zero-order chi connectivity index (χ0) is 30.6. The normalized spacial score (nSPS) is 11.1. The van der Waals surface area contributed by atoms with Crippen molar-refractivity contribution in [3.8, 4) is 51.6 Å². The molecule has 5 rings (SSSR count). The van der Waals surface area contributed by atoms with Crippen LogP contribution in [-0.2, 0) is 0 Å². The van der Waals surface area contributed by atoms with E-state index in [1.807, 2.05) is 73.7 Å². The van der Waals surface area contributed by atoms with Crippen molar-refractivity contribution in [2.75, 3.05) is 6.61 Å². The molecule has 0 radical (unpaired) electrons. The first-order valence-corrected chi connectivity index (χ1v) is 15.9. The molecule has 5 aromatic rings. The molecule has 0 amide bonds. The molecule has 0 spiro atoms. The number of aromatic nitrogens is 4. The van der Waals surface area contributed by atoms with Crippen LogP contribution in [-0.4, -0.2) is 27.0 Å². The molecule has 0 N–H and O–H groups in total. The highest BCUT2D eigenvalue weighted by molar-refractivity contribution is 5.74. The van der Waals surface area contributed by atoms with Gasteiger partial charge >= 0.3 is 0 Å². The van der Waals surface area contributed by atoms with Crippen molar-refractivity contribution < 1.29 is 13.6 Å². The maximum atomic E-state index is 6.04. The van der Waals surface area contributed by atoms with E-state index in [2.05, 4.69) is 33.9 Å². The van der Waals surface area contributed by atoms with E-state index in [0.29, 0.717) is 23.6 Å². The second-order valence-electron chi connectivity index (χ2n) is 11.3. The highest BCUT2D eigenvalue weighted by atomic mass is 16.5. The van der Waals surface area contributed by atoms with E-state index in [1.54, 1.807) is 6.08 Å². The van der Waals surface area contributed by atoms with Gasteiger partial charge in [0.25, 0.3) is 0 Å².